The Morgan fingerprint density at radius 3 is 2.46 bits per heavy atom. The number of aliphatic hydroxyl groups excluding tert-OH is 3. The van der Waals surface area contributed by atoms with Crippen molar-refractivity contribution < 1.29 is 24.6 Å². The molecule has 0 radical (unpaired) electrons. The highest BCUT2D eigenvalue weighted by Gasteiger charge is 2.65. The standard InChI is InChI=1S/C31H56N2O4/c1-7-15-33(5,6)16-14-32-28(37)11-8-20(2)23-9-10-24-29-25(19-27(36)31(23,24)4)30(3)13-12-22(34)17-21(30)18-26(29)35/h20-27,29,34-36H,7-19H2,1-6H3/p+1/t20-,21?,22-,23-,24?,25?,26?,27+,29?,30+,31-/m1/s1. The molecule has 0 aromatic carbocycles. The summed E-state index contributed by atoms with van der Waals surface area (Å²) >= 11 is 0. The molecule has 37 heavy (non-hydrogen) atoms. The molecule has 214 valence electrons. The van der Waals surface area contributed by atoms with Crippen molar-refractivity contribution in [2.45, 2.75) is 110 Å². The van der Waals surface area contributed by atoms with E-state index in [1.54, 1.807) is 0 Å². The van der Waals surface area contributed by atoms with Crippen LogP contribution in [-0.2, 0) is 4.79 Å². The highest BCUT2D eigenvalue weighted by molar-refractivity contribution is 5.75. The van der Waals surface area contributed by atoms with Crippen LogP contribution in [0.3, 0.4) is 0 Å². The summed E-state index contributed by atoms with van der Waals surface area (Å²) in [6.45, 7) is 12.0. The SMILES string of the molecule is CCC[N+](C)(C)CCNC(=O)CC[C@@H](C)[C@H]1CCC2C3C(O)CC4C[C@H](O)CC[C@]4(C)C3C[C@H](O)[C@@]21C. The van der Waals surface area contributed by atoms with E-state index in [1.807, 2.05) is 0 Å². The first-order chi connectivity index (χ1) is 17.3. The first-order valence-electron chi connectivity index (χ1n) is 15.5. The summed E-state index contributed by atoms with van der Waals surface area (Å²) in [5, 5.41) is 36.6. The Kier molecular flexibility index (Phi) is 8.76. The molecule has 4 N–H and O–H groups in total. The second kappa shape index (κ2) is 11.1. The number of aliphatic hydroxyl groups is 3. The molecule has 0 aliphatic heterocycles. The minimum atomic E-state index is -0.365. The van der Waals surface area contributed by atoms with Crippen molar-refractivity contribution in [1.82, 2.24) is 5.32 Å². The number of amides is 1. The number of quaternary nitrogens is 1. The van der Waals surface area contributed by atoms with Crippen molar-refractivity contribution >= 4 is 5.91 Å². The second-order valence-electron chi connectivity index (χ2n) is 14.8. The van der Waals surface area contributed by atoms with E-state index in [2.05, 4.69) is 47.1 Å². The van der Waals surface area contributed by atoms with E-state index < -0.39 is 0 Å². The Bertz CT molecular complexity index is 804. The predicted molar refractivity (Wildman–Crippen MR) is 148 cm³/mol. The fourth-order valence-corrected chi connectivity index (χ4v) is 10.00. The third kappa shape index (κ3) is 5.51. The molecule has 6 nitrogen and oxygen atoms in total. The van der Waals surface area contributed by atoms with Crippen LogP contribution in [0.2, 0.25) is 0 Å². The number of nitrogens with one attached hydrogen (secondary N) is 1. The van der Waals surface area contributed by atoms with Crippen LogP contribution in [0.5, 0.6) is 0 Å². The average molecular weight is 522 g/mol. The van der Waals surface area contributed by atoms with E-state index >= 15 is 0 Å². The van der Waals surface area contributed by atoms with E-state index in [0.717, 1.165) is 81.9 Å². The Morgan fingerprint density at radius 1 is 1.03 bits per heavy atom. The summed E-state index contributed by atoms with van der Waals surface area (Å²) in [5.74, 6) is 2.16. The number of carbonyl (C=O) groups is 1. The molecule has 4 aliphatic carbocycles. The van der Waals surface area contributed by atoms with Crippen LogP contribution in [0.1, 0.15) is 91.9 Å². The highest BCUT2D eigenvalue weighted by atomic mass is 16.3. The van der Waals surface area contributed by atoms with Crippen LogP contribution in [-0.4, -0.2) is 77.8 Å². The van der Waals surface area contributed by atoms with Crippen LogP contribution in [0, 0.1) is 46.3 Å². The molecule has 0 spiro atoms. The van der Waals surface area contributed by atoms with Gasteiger partial charge in [0, 0.05) is 6.42 Å². The van der Waals surface area contributed by atoms with Crippen molar-refractivity contribution in [3.8, 4) is 0 Å². The van der Waals surface area contributed by atoms with Gasteiger partial charge in [-0.05, 0) is 104 Å². The second-order valence-corrected chi connectivity index (χ2v) is 14.8. The van der Waals surface area contributed by atoms with Crippen molar-refractivity contribution in [2.75, 3.05) is 33.7 Å². The topological polar surface area (TPSA) is 89.8 Å². The lowest BCUT2D eigenvalue weighted by atomic mass is 9.43. The van der Waals surface area contributed by atoms with Gasteiger partial charge < -0.3 is 25.1 Å². The van der Waals surface area contributed by atoms with E-state index in [4.69, 9.17) is 0 Å². The lowest BCUT2D eigenvalue weighted by Gasteiger charge is -2.63. The molecule has 0 bridgehead atoms. The molecular formula is C31H57N2O4+. The molecule has 4 rings (SSSR count). The summed E-state index contributed by atoms with van der Waals surface area (Å²) in [7, 11) is 4.44. The third-order valence-corrected chi connectivity index (χ3v) is 12.2. The van der Waals surface area contributed by atoms with E-state index in [9.17, 15) is 20.1 Å². The minimum Gasteiger partial charge on any atom is -0.393 e. The number of nitrogens with zero attached hydrogens (tertiary/aromatic N) is 1. The van der Waals surface area contributed by atoms with Gasteiger partial charge >= 0.3 is 0 Å². The molecule has 1 amide bonds. The van der Waals surface area contributed by atoms with E-state index in [0.29, 0.717) is 36.0 Å². The van der Waals surface area contributed by atoms with Gasteiger partial charge in [0.25, 0.3) is 0 Å². The van der Waals surface area contributed by atoms with Gasteiger partial charge in [0.1, 0.15) is 0 Å². The third-order valence-electron chi connectivity index (χ3n) is 12.2. The smallest absolute Gasteiger partial charge is 0.220 e. The van der Waals surface area contributed by atoms with Gasteiger partial charge in [0.2, 0.25) is 5.91 Å². The van der Waals surface area contributed by atoms with Gasteiger partial charge in [-0.1, -0.05) is 27.7 Å². The fourth-order valence-electron chi connectivity index (χ4n) is 10.00. The molecule has 0 heterocycles. The minimum absolute atomic E-state index is 0.109. The van der Waals surface area contributed by atoms with Crippen molar-refractivity contribution in [3.05, 3.63) is 0 Å². The van der Waals surface area contributed by atoms with Crippen LogP contribution in [0.25, 0.3) is 0 Å². The first-order valence-corrected chi connectivity index (χ1v) is 15.5. The first kappa shape index (κ1) is 29.3. The molecule has 0 aromatic heterocycles. The lowest BCUT2D eigenvalue weighted by Crippen LogP contribution is -2.62. The number of carbonyl (C=O) groups excluding carboxylic acids is 1. The quantitative estimate of drug-likeness (QED) is 0.346. The van der Waals surface area contributed by atoms with Gasteiger partial charge in [-0.25, -0.2) is 0 Å². The summed E-state index contributed by atoms with van der Waals surface area (Å²) in [4.78, 5) is 12.6. The van der Waals surface area contributed by atoms with Crippen LogP contribution >= 0.6 is 0 Å². The Morgan fingerprint density at radius 2 is 1.76 bits per heavy atom. The zero-order valence-electron chi connectivity index (χ0n) is 24.6. The molecule has 4 saturated carbocycles. The molecule has 11 atom stereocenters. The predicted octanol–water partition coefficient (Wildman–Crippen LogP) is 3.97. The molecule has 0 aromatic rings. The van der Waals surface area contributed by atoms with Crippen LogP contribution < -0.4 is 5.32 Å². The maximum atomic E-state index is 12.6. The number of fused-ring (bicyclic) bond motifs is 5. The maximum absolute atomic E-state index is 12.6. The van der Waals surface area contributed by atoms with Crippen LogP contribution in [0.4, 0.5) is 0 Å². The van der Waals surface area contributed by atoms with Crippen molar-refractivity contribution in [2.24, 2.45) is 46.3 Å². The molecular weight excluding hydrogens is 464 g/mol. The zero-order valence-corrected chi connectivity index (χ0v) is 24.6. The van der Waals surface area contributed by atoms with Crippen molar-refractivity contribution in [1.29, 1.82) is 0 Å². The van der Waals surface area contributed by atoms with Gasteiger partial charge in [0.15, 0.2) is 0 Å². The molecule has 4 aliphatic rings. The van der Waals surface area contributed by atoms with E-state index in [-0.39, 0.29) is 41.0 Å². The average Bonchev–Trinajstić information content (AvgIpc) is 3.17. The highest BCUT2D eigenvalue weighted by Crippen LogP contribution is 2.68. The Hall–Kier alpha value is -0.690. The molecule has 6 heteroatoms. The fraction of sp³-hybridized carbons (Fsp3) is 0.968. The zero-order chi connectivity index (χ0) is 27.2. The summed E-state index contributed by atoms with van der Waals surface area (Å²) in [6.07, 6.45) is 7.98. The largest absolute Gasteiger partial charge is 0.393 e. The summed E-state index contributed by atoms with van der Waals surface area (Å²) in [6, 6.07) is 0. The Balaban J connectivity index is 1.38. The normalized spacial score (nSPS) is 44.5. The maximum Gasteiger partial charge on any atom is 0.220 e. The summed E-state index contributed by atoms with van der Waals surface area (Å²) < 4.78 is 0.932. The number of likely N-dealkylation sites (N-methyl/N-ethyl adjacent to an activating group) is 1. The number of hydrogen-bond donors (Lipinski definition) is 4. The van der Waals surface area contributed by atoms with Gasteiger partial charge in [-0.15, -0.1) is 0 Å². The Labute approximate surface area is 226 Å². The van der Waals surface area contributed by atoms with Gasteiger partial charge in [-0.2, -0.15) is 0 Å². The van der Waals surface area contributed by atoms with Crippen molar-refractivity contribution in [3.63, 3.8) is 0 Å². The molecule has 4 fully saturated rings. The van der Waals surface area contributed by atoms with Crippen LogP contribution in [0.15, 0.2) is 0 Å². The lowest BCUT2D eigenvalue weighted by molar-refractivity contribution is -0.889. The summed E-state index contributed by atoms with van der Waals surface area (Å²) in [5.41, 5.74) is -0.0886. The van der Waals surface area contributed by atoms with E-state index in [1.165, 1.54) is 0 Å². The monoisotopic (exact) mass is 521 g/mol. The number of hydrogen-bond acceptors (Lipinski definition) is 4. The van der Waals surface area contributed by atoms with Gasteiger partial charge in [0.05, 0.1) is 52.0 Å². The number of rotatable bonds is 9. The molecule has 5 unspecified atom stereocenters. The van der Waals surface area contributed by atoms with Gasteiger partial charge in [-0.3, -0.25) is 4.79 Å². The molecule has 0 saturated heterocycles.